The highest BCUT2D eigenvalue weighted by atomic mass is 16.5. The second-order valence-electron chi connectivity index (χ2n) is 2.28. The smallest absolute Gasteiger partial charge is 0.320 e. The van der Waals surface area contributed by atoms with E-state index in [1.807, 2.05) is 12.1 Å². The molecule has 0 aliphatic heterocycles. The molecular weight excluding hydrogens is 148 g/mol. The van der Waals surface area contributed by atoms with Gasteiger partial charge in [0.15, 0.2) is 0 Å². The van der Waals surface area contributed by atoms with Gasteiger partial charge in [0.2, 0.25) is 0 Å². The number of nitrogens with zero attached hydrogens (tertiary/aromatic N) is 1. The zero-order valence-electron chi connectivity index (χ0n) is 6.29. The van der Waals surface area contributed by atoms with Crippen molar-refractivity contribution >= 4 is 0 Å². The maximum absolute atomic E-state index is 10.8. The lowest BCUT2D eigenvalue weighted by Crippen LogP contribution is -2.25. The Morgan fingerprint density at radius 2 is 2.27 bits per heavy atom. The summed E-state index contributed by atoms with van der Waals surface area (Å²) in [5.74, 6) is -0.608. The molecule has 0 fully saturated rings. The SMILES string of the molecule is CCCCn1c(=O)[nH]oc1=O. The van der Waals surface area contributed by atoms with Gasteiger partial charge in [0.25, 0.3) is 0 Å². The van der Waals surface area contributed by atoms with Gasteiger partial charge in [-0.3, -0.25) is 0 Å². The minimum atomic E-state index is -0.608. The van der Waals surface area contributed by atoms with Crippen molar-refractivity contribution in [1.29, 1.82) is 0 Å². The average molecular weight is 158 g/mol. The van der Waals surface area contributed by atoms with Gasteiger partial charge in [0.05, 0.1) is 0 Å². The van der Waals surface area contributed by atoms with Crippen molar-refractivity contribution in [2.45, 2.75) is 26.3 Å². The average Bonchev–Trinajstić information content (AvgIpc) is 2.29. The summed E-state index contributed by atoms with van der Waals surface area (Å²) in [7, 11) is 0. The van der Waals surface area contributed by atoms with Gasteiger partial charge in [-0.15, -0.1) is 0 Å². The lowest BCUT2D eigenvalue weighted by molar-refractivity contribution is 0.372. The molecular formula is C6H10N2O3. The van der Waals surface area contributed by atoms with Gasteiger partial charge in [0.1, 0.15) is 0 Å². The summed E-state index contributed by atoms with van der Waals surface area (Å²) in [6.45, 7) is 2.42. The molecule has 0 amide bonds. The number of nitrogens with one attached hydrogen (secondary N) is 1. The number of rotatable bonds is 3. The number of aromatic amines is 1. The summed E-state index contributed by atoms with van der Waals surface area (Å²) in [4.78, 5) is 21.5. The van der Waals surface area contributed by atoms with E-state index < -0.39 is 11.4 Å². The Kier molecular flexibility index (Phi) is 2.30. The van der Waals surface area contributed by atoms with Crippen LogP contribution < -0.4 is 11.4 Å². The quantitative estimate of drug-likeness (QED) is 0.669. The van der Waals surface area contributed by atoms with Crippen LogP contribution in [0.5, 0.6) is 0 Å². The first-order valence-electron chi connectivity index (χ1n) is 3.54. The lowest BCUT2D eigenvalue weighted by atomic mass is 10.3. The summed E-state index contributed by atoms with van der Waals surface area (Å²) in [6.07, 6.45) is 1.75. The van der Waals surface area contributed by atoms with Crippen LogP contribution in [0.15, 0.2) is 14.1 Å². The van der Waals surface area contributed by atoms with Crippen LogP contribution in [0.2, 0.25) is 0 Å². The summed E-state index contributed by atoms with van der Waals surface area (Å²) in [5, 5.41) is 1.97. The third-order valence-electron chi connectivity index (χ3n) is 1.43. The topological polar surface area (TPSA) is 68.0 Å². The van der Waals surface area contributed by atoms with E-state index in [1.165, 1.54) is 0 Å². The van der Waals surface area contributed by atoms with E-state index in [2.05, 4.69) is 4.52 Å². The fourth-order valence-electron chi connectivity index (χ4n) is 0.789. The first-order valence-corrected chi connectivity index (χ1v) is 3.54. The Morgan fingerprint density at radius 3 is 2.73 bits per heavy atom. The van der Waals surface area contributed by atoms with Crippen LogP contribution in [-0.2, 0) is 6.54 Å². The molecule has 0 aliphatic carbocycles. The molecule has 0 aliphatic rings. The second kappa shape index (κ2) is 3.23. The second-order valence-corrected chi connectivity index (χ2v) is 2.28. The Bertz CT molecular complexity index is 292. The molecule has 0 saturated heterocycles. The molecule has 0 atom stereocenters. The molecule has 0 spiro atoms. The Hall–Kier alpha value is -1.26. The predicted molar refractivity (Wildman–Crippen MR) is 38.5 cm³/mol. The molecule has 1 aromatic heterocycles. The van der Waals surface area contributed by atoms with Gasteiger partial charge in [-0.1, -0.05) is 13.3 Å². The van der Waals surface area contributed by atoms with E-state index >= 15 is 0 Å². The standard InChI is InChI=1S/C6H10N2O3/c1-2-3-4-8-5(9)7-11-6(8)10/h2-4H2,1H3,(H,7,9). The Labute approximate surface area is 62.6 Å². The molecule has 1 heterocycles. The molecule has 0 aromatic carbocycles. The minimum Gasteiger partial charge on any atom is -0.320 e. The van der Waals surface area contributed by atoms with Gasteiger partial charge in [-0.2, -0.15) is 5.16 Å². The molecule has 62 valence electrons. The first kappa shape index (κ1) is 7.84. The van der Waals surface area contributed by atoms with E-state index in [1.54, 1.807) is 0 Å². The van der Waals surface area contributed by atoms with Crippen LogP contribution in [-0.4, -0.2) is 9.72 Å². The molecule has 5 heteroatoms. The molecule has 0 unspecified atom stereocenters. The van der Waals surface area contributed by atoms with E-state index in [0.717, 1.165) is 17.4 Å². The monoisotopic (exact) mass is 158 g/mol. The number of aromatic nitrogens is 2. The molecule has 1 N–H and O–H groups in total. The molecule has 0 radical (unpaired) electrons. The molecule has 1 rings (SSSR count). The van der Waals surface area contributed by atoms with E-state index in [4.69, 9.17) is 0 Å². The van der Waals surface area contributed by atoms with Gasteiger partial charge < -0.3 is 4.52 Å². The summed E-state index contributed by atoms with van der Waals surface area (Å²) < 4.78 is 5.31. The van der Waals surface area contributed by atoms with E-state index in [9.17, 15) is 9.59 Å². The zero-order valence-corrected chi connectivity index (χ0v) is 6.29. The van der Waals surface area contributed by atoms with Crippen LogP contribution in [0.25, 0.3) is 0 Å². The molecule has 11 heavy (non-hydrogen) atoms. The van der Waals surface area contributed by atoms with Crippen molar-refractivity contribution in [1.82, 2.24) is 9.72 Å². The van der Waals surface area contributed by atoms with E-state index in [-0.39, 0.29) is 0 Å². The number of unbranched alkanes of at least 4 members (excludes halogenated alkanes) is 1. The van der Waals surface area contributed by atoms with Crippen molar-refractivity contribution in [2.24, 2.45) is 0 Å². The number of H-pyrrole nitrogens is 1. The van der Waals surface area contributed by atoms with Crippen LogP contribution in [0.1, 0.15) is 19.8 Å². The fraction of sp³-hybridized carbons (Fsp3) is 0.667. The van der Waals surface area contributed by atoms with Gasteiger partial charge in [-0.25, -0.2) is 14.2 Å². The maximum Gasteiger partial charge on any atom is 0.442 e. The Balaban J connectivity index is 2.84. The van der Waals surface area contributed by atoms with Gasteiger partial charge in [-0.05, 0) is 6.42 Å². The molecule has 0 saturated carbocycles. The van der Waals surface area contributed by atoms with Crippen LogP contribution >= 0.6 is 0 Å². The van der Waals surface area contributed by atoms with Crippen LogP contribution in [0, 0.1) is 0 Å². The first-order chi connectivity index (χ1) is 5.25. The Morgan fingerprint density at radius 1 is 1.55 bits per heavy atom. The van der Waals surface area contributed by atoms with Crippen LogP contribution in [0.3, 0.4) is 0 Å². The van der Waals surface area contributed by atoms with E-state index in [0.29, 0.717) is 6.54 Å². The third kappa shape index (κ3) is 1.60. The number of hydrogen-bond acceptors (Lipinski definition) is 3. The number of hydrogen-bond donors (Lipinski definition) is 1. The fourth-order valence-corrected chi connectivity index (χ4v) is 0.789. The summed E-state index contributed by atoms with van der Waals surface area (Å²) >= 11 is 0. The van der Waals surface area contributed by atoms with Crippen molar-refractivity contribution in [3.63, 3.8) is 0 Å². The summed E-state index contributed by atoms with van der Waals surface area (Å²) in [5.41, 5.74) is -0.469. The highest BCUT2D eigenvalue weighted by Gasteiger charge is 2.02. The predicted octanol–water partition coefficient (Wildman–Crippen LogP) is -0.0703. The minimum absolute atomic E-state index is 0.432. The normalized spacial score (nSPS) is 10.3. The van der Waals surface area contributed by atoms with Crippen molar-refractivity contribution in [2.75, 3.05) is 0 Å². The van der Waals surface area contributed by atoms with Crippen LogP contribution in [0.4, 0.5) is 0 Å². The van der Waals surface area contributed by atoms with Gasteiger partial charge in [0, 0.05) is 6.54 Å². The van der Waals surface area contributed by atoms with Crippen molar-refractivity contribution in [3.8, 4) is 0 Å². The van der Waals surface area contributed by atoms with Crippen molar-refractivity contribution < 1.29 is 4.52 Å². The van der Waals surface area contributed by atoms with Crippen molar-refractivity contribution in [3.05, 3.63) is 21.0 Å². The summed E-state index contributed by atoms with van der Waals surface area (Å²) in [6, 6.07) is 0. The maximum atomic E-state index is 10.8. The highest BCUT2D eigenvalue weighted by Crippen LogP contribution is 1.86. The third-order valence-corrected chi connectivity index (χ3v) is 1.43. The molecule has 1 aromatic rings. The largest absolute Gasteiger partial charge is 0.442 e. The lowest BCUT2D eigenvalue weighted by Gasteiger charge is -1.92. The van der Waals surface area contributed by atoms with Gasteiger partial charge >= 0.3 is 11.4 Å². The highest BCUT2D eigenvalue weighted by molar-refractivity contribution is 4.60. The zero-order chi connectivity index (χ0) is 8.27. The molecule has 0 bridgehead atoms. The molecule has 5 nitrogen and oxygen atoms in total.